The lowest BCUT2D eigenvalue weighted by molar-refractivity contribution is 0.123. The largest absolute Gasteiger partial charge is 0.378 e. The Labute approximate surface area is 155 Å². The summed E-state index contributed by atoms with van der Waals surface area (Å²) in [5.41, 5.74) is 3.02. The highest BCUT2D eigenvalue weighted by Crippen LogP contribution is 2.28. The Kier molecular flexibility index (Phi) is 6.12. The average molecular weight is 353 g/mol. The summed E-state index contributed by atoms with van der Waals surface area (Å²) in [5, 5.41) is 3.11. The Bertz CT molecular complexity index is 714. The number of benzene rings is 2. The van der Waals surface area contributed by atoms with Crippen LogP contribution in [0.4, 0.5) is 16.2 Å². The lowest BCUT2D eigenvalue weighted by Crippen LogP contribution is -2.39. The topological polar surface area (TPSA) is 44.8 Å². The van der Waals surface area contributed by atoms with E-state index in [9.17, 15) is 4.79 Å². The maximum Gasteiger partial charge on any atom is 0.322 e. The monoisotopic (exact) mass is 353 g/mol. The van der Waals surface area contributed by atoms with E-state index in [2.05, 4.69) is 35.3 Å². The molecule has 1 fully saturated rings. The number of carbonyl (C=O) groups is 1. The Morgan fingerprint density at radius 2 is 1.77 bits per heavy atom. The van der Waals surface area contributed by atoms with Gasteiger partial charge in [-0.15, -0.1) is 0 Å². The van der Waals surface area contributed by atoms with Crippen molar-refractivity contribution in [2.75, 3.05) is 43.1 Å². The molecule has 1 aliphatic heterocycles. The van der Waals surface area contributed by atoms with Crippen molar-refractivity contribution in [3.63, 3.8) is 0 Å². The van der Waals surface area contributed by atoms with Crippen molar-refractivity contribution < 1.29 is 9.53 Å². The summed E-state index contributed by atoms with van der Waals surface area (Å²) in [7, 11) is 0. The summed E-state index contributed by atoms with van der Waals surface area (Å²) >= 11 is 0. The van der Waals surface area contributed by atoms with Crippen molar-refractivity contribution in [1.82, 2.24) is 4.90 Å². The fourth-order valence-corrected chi connectivity index (χ4v) is 3.35. The number of morpholine rings is 1. The standard InChI is InChI=1S/C21H27N3O2/c1-3-24(17(2)18-9-5-4-6-10-18)21(25)22-19-11-7-8-12-20(19)23-13-15-26-16-14-23/h4-12,17H,3,13-16H2,1-2H3,(H,22,25). The van der Waals surface area contributed by atoms with Gasteiger partial charge in [0.15, 0.2) is 0 Å². The van der Waals surface area contributed by atoms with Crippen LogP contribution in [0.1, 0.15) is 25.5 Å². The van der Waals surface area contributed by atoms with Crippen LogP contribution < -0.4 is 10.2 Å². The summed E-state index contributed by atoms with van der Waals surface area (Å²) in [4.78, 5) is 17.1. The number of nitrogens with one attached hydrogen (secondary N) is 1. The van der Waals surface area contributed by atoms with Gasteiger partial charge in [0.05, 0.1) is 30.6 Å². The summed E-state index contributed by atoms with van der Waals surface area (Å²) in [6.45, 7) is 7.82. The molecule has 0 radical (unpaired) electrons. The molecular formula is C21H27N3O2. The van der Waals surface area contributed by atoms with Gasteiger partial charge in [0.25, 0.3) is 0 Å². The number of anilines is 2. The molecular weight excluding hydrogens is 326 g/mol. The van der Waals surface area contributed by atoms with Gasteiger partial charge < -0.3 is 19.9 Å². The van der Waals surface area contributed by atoms with Gasteiger partial charge >= 0.3 is 6.03 Å². The zero-order valence-electron chi connectivity index (χ0n) is 15.5. The van der Waals surface area contributed by atoms with Crippen molar-refractivity contribution in [2.45, 2.75) is 19.9 Å². The van der Waals surface area contributed by atoms with Gasteiger partial charge in [-0.05, 0) is 31.5 Å². The highest BCUT2D eigenvalue weighted by molar-refractivity contribution is 5.93. The van der Waals surface area contributed by atoms with Crippen LogP contribution in [-0.4, -0.2) is 43.8 Å². The fraction of sp³-hybridized carbons (Fsp3) is 0.381. The molecule has 0 aliphatic carbocycles. The molecule has 1 aliphatic rings. The minimum Gasteiger partial charge on any atom is -0.378 e. The molecule has 5 heteroatoms. The molecule has 1 heterocycles. The summed E-state index contributed by atoms with van der Waals surface area (Å²) in [6, 6.07) is 18.0. The number of hydrogen-bond donors (Lipinski definition) is 1. The first-order chi connectivity index (χ1) is 12.7. The molecule has 5 nitrogen and oxygen atoms in total. The number of hydrogen-bond acceptors (Lipinski definition) is 3. The number of nitrogens with zero attached hydrogens (tertiary/aromatic N) is 2. The maximum absolute atomic E-state index is 13.0. The molecule has 0 bridgehead atoms. The Balaban J connectivity index is 1.76. The van der Waals surface area contributed by atoms with E-state index in [1.54, 1.807) is 0 Å². The Morgan fingerprint density at radius 1 is 1.12 bits per heavy atom. The quantitative estimate of drug-likeness (QED) is 0.879. The van der Waals surface area contributed by atoms with Gasteiger partial charge in [0.1, 0.15) is 0 Å². The van der Waals surface area contributed by atoms with E-state index in [1.807, 2.05) is 48.2 Å². The third kappa shape index (κ3) is 4.17. The molecule has 26 heavy (non-hydrogen) atoms. The third-order valence-electron chi connectivity index (χ3n) is 4.85. The van der Waals surface area contributed by atoms with Crippen molar-refractivity contribution >= 4 is 17.4 Å². The molecule has 138 valence electrons. The first-order valence-electron chi connectivity index (χ1n) is 9.25. The van der Waals surface area contributed by atoms with Crippen molar-refractivity contribution in [3.05, 3.63) is 60.2 Å². The van der Waals surface area contributed by atoms with Crippen LogP contribution >= 0.6 is 0 Å². The van der Waals surface area contributed by atoms with Crippen LogP contribution in [0.3, 0.4) is 0 Å². The second-order valence-corrected chi connectivity index (χ2v) is 6.42. The molecule has 1 saturated heterocycles. The van der Waals surface area contributed by atoms with E-state index in [1.165, 1.54) is 0 Å². The lowest BCUT2D eigenvalue weighted by atomic mass is 10.1. The molecule has 2 amide bonds. The Hall–Kier alpha value is -2.53. The highest BCUT2D eigenvalue weighted by Gasteiger charge is 2.22. The summed E-state index contributed by atoms with van der Waals surface area (Å²) < 4.78 is 5.44. The number of urea groups is 1. The van der Waals surface area contributed by atoms with E-state index in [0.717, 1.165) is 30.0 Å². The second kappa shape index (κ2) is 8.72. The van der Waals surface area contributed by atoms with E-state index in [-0.39, 0.29) is 12.1 Å². The van der Waals surface area contributed by atoms with Gasteiger partial charge in [-0.3, -0.25) is 0 Å². The number of carbonyl (C=O) groups excluding carboxylic acids is 1. The van der Waals surface area contributed by atoms with Gasteiger partial charge in [-0.1, -0.05) is 42.5 Å². The minimum absolute atomic E-state index is 0.0109. The van der Waals surface area contributed by atoms with Crippen LogP contribution in [-0.2, 0) is 4.74 Å². The molecule has 0 saturated carbocycles. The van der Waals surface area contributed by atoms with Gasteiger partial charge in [0, 0.05) is 19.6 Å². The van der Waals surface area contributed by atoms with E-state index < -0.39 is 0 Å². The van der Waals surface area contributed by atoms with E-state index in [4.69, 9.17) is 4.74 Å². The number of amides is 2. The van der Waals surface area contributed by atoms with E-state index >= 15 is 0 Å². The second-order valence-electron chi connectivity index (χ2n) is 6.42. The van der Waals surface area contributed by atoms with Crippen LogP contribution in [0, 0.1) is 0 Å². The zero-order chi connectivity index (χ0) is 18.4. The van der Waals surface area contributed by atoms with Gasteiger partial charge in [-0.2, -0.15) is 0 Å². The SMILES string of the molecule is CCN(C(=O)Nc1ccccc1N1CCOCC1)C(C)c1ccccc1. The molecule has 1 atom stereocenters. The number of ether oxygens (including phenoxy) is 1. The normalized spacial score (nSPS) is 15.4. The predicted molar refractivity (Wildman–Crippen MR) is 106 cm³/mol. The minimum atomic E-state index is -0.0791. The molecule has 1 N–H and O–H groups in total. The number of rotatable bonds is 5. The number of para-hydroxylation sites is 2. The van der Waals surface area contributed by atoms with Crippen molar-refractivity contribution in [3.8, 4) is 0 Å². The lowest BCUT2D eigenvalue weighted by Gasteiger charge is -2.32. The van der Waals surface area contributed by atoms with Gasteiger partial charge in [-0.25, -0.2) is 4.79 Å². The van der Waals surface area contributed by atoms with Crippen LogP contribution in [0.5, 0.6) is 0 Å². The maximum atomic E-state index is 13.0. The predicted octanol–water partition coefficient (Wildman–Crippen LogP) is 4.14. The molecule has 1 unspecified atom stereocenters. The molecule has 0 spiro atoms. The first-order valence-corrected chi connectivity index (χ1v) is 9.25. The third-order valence-corrected chi connectivity index (χ3v) is 4.85. The molecule has 3 rings (SSSR count). The molecule has 2 aromatic rings. The van der Waals surface area contributed by atoms with Crippen LogP contribution in [0.25, 0.3) is 0 Å². The Morgan fingerprint density at radius 3 is 2.46 bits per heavy atom. The zero-order valence-corrected chi connectivity index (χ0v) is 15.5. The highest BCUT2D eigenvalue weighted by atomic mass is 16.5. The van der Waals surface area contributed by atoms with Crippen LogP contribution in [0.2, 0.25) is 0 Å². The smallest absolute Gasteiger partial charge is 0.322 e. The van der Waals surface area contributed by atoms with Crippen molar-refractivity contribution in [1.29, 1.82) is 0 Å². The molecule has 2 aromatic carbocycles. The van der Waals surface area contributed by atoms with Crippen LogP contribution in [0.15, 0.2) is 54.6 Å². The summed E-state index contributed by atoms with van der Waals surface area (Å²) in [6.07, 6.45) is 0. The molecule has 0 aromatic heterocycles. The van der Waals surface area contributed by atoms with Gasteiger partial charge in [0.2, 0.25) is 0 Å². The first kappa shape index (κ1) is 18.3. The summed E-state index contributed by atoms with van der Waals surface area (Å²) in [5.74, 6) is 0. The fourth-order valence-electron chi connectivity index (χ4n) is 3.35. The van der Waals surface area contributed by atoms with E-state index in [0.29, 0.717) is 19.8 Å². The van der Waals surface area contributed by atoms with Crippen molar-refractivity contribution in [2.24, 2.45) is 0 Å². The average Bonchev–Trinajstić information content (AvgIpc) is 2.70.